The van der Waals surface area contributed by atoms with E-state index in [0.29, 0.717) is 11.5 Å². The van der Waals surface area contributed by atoms with Gasteiger partial charge in [-0.15, -0.1) is 0 Å². The Hall–Kier alpha value is -3.03. The zero-order valence-electron chi connectivity index (χ0n) is 14.5. The SMILES string of the molecule is COC(=O)CN(Cc1cc(OC)cc(OC)c1)C(=O)Cn1cccn1. The zero-order valence-corrected chi connectivity index (χ0v) is 14.5. The average molecular weight is 347 g/mol. The van der Waals surface area contributed by atoms with Gasteiger partial charge in [-0.1, -0.05) is 0 Å². The molecule has 8 heteroatoms. The lowest BCUT2D eigenvalue weighted by Gasteiger charge is -2.22. The molecule has 0 aliphatic rings. The number of carbonyl (C=O) groups is 2. The van der Waals surface area contributed by atoms with E-state index in [2.05, 4.69) is 9.84 Å². The first-order valence-corrected chi connectivity index (χ1v) is 7.59. The van der Waals surface area contributed by atoms with Crippen molar-refractivity contribution in [3.63, 3.8) is 0 Å². The second-order valence-electron chi connectivity index (χ2n) is 5.25. The highest BCUT2D eigenvalue weighted by atomic mass is 16.5. The van der Waals surface area contributed by atoms with Crippen LogP contribution in [0.15, 0.2) is 36.7 Å². The van der Waals surface area contributed by atoms with Crippen molar-refractivity contribution in [3.8, 4) is 11.5 Å². The van der Waals surface area contributed by atoms with Crippen molar-refractivity contribution in [1.82, 2.24) is 14.7 Å². The van der Waals surface area contributed by atoms with Crippen LogP contribution in [0.25, 0.3) is 0 Å². The summed E-state index contributed by atoms with van der Waals surface area (Å²) in [6.07, 6.45) is 3.27. The topological polar surface area (TPSA) is 82.9 Å². The lowest BCUT2D eigenvalue weighted by molar-refractivity contribution is -0.147. The van der Waals surface area contributed by atoms with E-state index in [1.165, 1.54) is 16.7 Å². The molecule has 0 spiro atoms. The molecule has 1 amide bonds. The normalized spacial score (nSPS) is 10.2. The van der Waals surface area contributed by atoms with Gasteiger partial charge in [0.15, 0.2) is 0 Å². The third-order valence-electron chi connectivity index (χ3n) is 3.54. The van der Waals surface area contributed by atoms with Gasteiger partial charge in [-0.3, -0.25) is 14.3 Å². The summed E-state index contributed by atoms with van der Waals surface area (Å²) in [5, 5.41) is 4.01. The van der Waals surface area contributed by atoms with Crippen LogP contribution in [0.5, 0.6) is 11.5 Å². The van der Waals surface area contributed by atoms with Crippen molar-refractivity contribution >= 4 is 11.9 Å². The monoisotopic (exact) mass is 347 g/mol. The van der Waals surface area contributed by atoms with E-state index in [1.54, 1.807) is 50.9 Å². The molecule has 0 atom stereocenters. The van der Waals surface area contributed by atoms with Crippen LogP contribution in [0, 0.1) is 0 Å². The van der Waals surface area contributed by atoms with Crippen LogP contribution in [-0.4, -0.2) is 54.4 Å². The first kappa shape index (κ1) is 18.3. The van der Waals surface area contributed by atoms with Crippen molar-refractivity contribution in [1.29, 1.82) is 0 Å². The summed E-state index contributed by atoms with van der Waals surface area (Å²) in [5.41, 5.74) is 0.772. The summed E-state index contributed by atoms with van der Waals surface area (Å²) >= 11 is 0. The minimum Gasteiger partial charge on any atom is -0.497 e. The summed E-state index contributed by atoms with van der Waals surface area (Å²) in [7, 11) is 4.38. The number of esters is 1. The van der Waals surface area contributed by atoms with Crippen molar-refractivity contribution in [3.05, 3.63) is 42.2 Å². The second kappa shape index (κ2) is 8.72. The smallest absolute Gasteiger partial charge is 0.325 e. The van der Waals surface area contributed by atoms with Crippen LogP contribution in [0.3, 0.4) is 0 Å². The van der Waals surface area contributed by atoms with Gasteiger partial charge in [0.05, 0.1) is 21.3 Å². The van der Waals surface area contributed by atoms with Crippen LogP contribution >= 0.6 is 0 Å². The fraction of sp³-hybridized carbons (Fsp3) is 0.353. The van der Waals surface area contributed by atoms with Gasteiger partial charge in [-0.05, 0) is 23.8 Å². The van der Waals surface area contributed by atoms with Gasteiger partial charge in [0.2, 0.25) is 5.91 Å². The molecule has 8 nitrogen and oxygen atoms in total. The van der Waals surface area contributed by atoms with E-state index in [-0.39, 0.29) is 25.5 Å². The molecule has 0 saturated heterocycles. The van der Waals surface area contributed by atoms with Gasteiger partial charge in [-0.25, -0.2) is 0 Å². The molecule has 0 fully saturated rings. The predicted molar refractivity (Wildman–Crippen MR) is 89.2 cm³/mol. The van der Waals surface area contributed by atoms with Gasteiger partial charge in [-0.2, -0.15) is 5.10 Å². The first-order chi connectivity index (χ1) is 12.0. The van der Waals surface area contributed by atoms with Crippen LogP contribution < -0.4 is 9.47 Å². The fourth-order valence-electron chi connectivity index (χ4n) is 2.26. The van der Waals surface area contributed by atoms with Crippen molar-refractivity contribution in [2.75, 3.05) is 27.9 Å². The Morgan fingerprint density at radius 3 is 2.32 bits per heavy atom. The summed E-state index contributed by atoms with van der Waals surface area (Å²) in [6.45, 7) is 0.0873. The highest BCUT2D eigenvalue weighted by Gasteiger charge is 2.19. The molecule has 0 saturated carbocycles. The molecule has 0 bridgehead atoms. The molecule has 2 rings (SSSR count). The number of rotatable bonds is 8. The van der Waals surface area contributed by atoms with E-state index in [1.807, 2.05) is 0 Å². The largest absolute Gasteiger partial charge is 0.497 e. The van der Waals surface area contributed by atoms with Crippen molar-refractivity contribution < 1.29 is 23.8 Å². The van der Waals surface area contributed by atoms with Gasteiger partial charge >= 0.3 is 5.97 Å². The maximum atomic E-state index is 12.6. The average Bonchev–Trinajstić information content (AvgIpc) is 3.13. The van der Waals surface area contributed by atoms with E-state index in [0.717, 1.165) is 5.56 Å². The first-order valence-electron chi connectivity index (χ1n) is 7.59. The maximum Gasteiger partial charge on any atom is 0.325 e. The fourth-order valence-corrected chi connectivity index (χ4v) is 2.26. The van der Waals surface area contributed by atoms with Crippen LogP contribution in [0.2, 0.25) is 0 Å². The molecule has 1 aromatic heterocycles. The Kier molecular flexibility index (Phi) is 6.39. The molecule has 25 heavy (non-hydrogen) atoms. The number of ether oxygens (including phenoxy) is 3. The Bertz CT molecular complexity index is 693. The number of aromatic nitrogens is 2. The Balaban J connectivity index is 2.20. The Morgan fingerprint density at radius 2 is 1.80 bits per heavy atom. The van der Waals surface area contributed by atoms with Crippen LogP contribution in [0.1, 0.15) is 5.56 Å². The number of methoxy groups -OCH3 is 3. The standard InChI is InChI=1S/C17H21N3O5/c1-23-14-7-13(8-15(9-14)24-2)10-19(12-17(22)25-3)16(21)11-20-6-4-5-18-20/h4-9H,10-12H2,1-3H3. The van der Waals surface area contributed by atoms with E-state index >= 15 is 0 Å². The molecule has 1 aromatic carbocycles. The number of hydrogen-bond donors (Lipinski definition) is 0. The number of hydrogen-bond acceptors (Lipinski definition) is 6. The Morgan fingerprint density at radius 1 is 1.12 bits per heavy atom. The molecule has 0 N–H and O–H groups in total. The van der Waals surface area contributed by atoms with Crippen LogP contribution in [0.4, 0.5) is 0 Å². The molecule has 0 unspecified atom stereocenters. The Labute approximate surface area is 145 Å². The quantitative estimate of drug-likeness (QED) is 0.665. The van der Waals surface area contributed by atoms with Gasteiger partial charge in [0.1, 0.15) is 24.6 Å². The number of benzene rings is 1. The number of amides is 1. The molecule has 0 radical (unpaired) electrons. The zero-order chi connectivity index (χ0) is 18.2. The van der Waals surface area contributed by atoms with Crippen molar-refractivity contribution in [2.45, 2.75) is 13.1 Å². The van der Waals surface area contributed by atoms with Gasteiger partial charge in [0, 0.05) is 25.0 Å². The highest BCUT2D eigenvalue weighted by Crippen LogP contribution is 2.23. The molecular formula is C17H21N3O5. The molecule has 2 aromatic rings. The molecule has 1 heterocycles. The summed E-state index contributed by atoms with van der Waals surface area (Å²) in [5.74, 6) is 0.457. The van der Waals surface area contributed by atoms with E-state index in [4.69, 9.17) is 9.47 Å². The third kappa shape index (κ3) is 5.23. The van der Waals surface area contributed by atoms with E-state index in [9.17, 15) is 9.59 Å². The van der Waals surface area contributed by atoms with Gasteiger partial charge in [0.25, 0.3) is 0 Å². The minimum atomic E-state index is -0.497. The van der Waals surface area contributed by atoms with E-state index < -0.39 is 5.97 Å². The van der Waals surface area contributed by atoms with Crippen molar-refractivity contribution in [2.24, 2.45) is 0 Å². The lowest BCUT2D eigenvalue weighted by Crippen LogP contribution is -2.38. The molecule has 134 valence electrons. The molecule has 0 aliphatic carbocycles. The predicted octanol–water partition coefficient (Wildman–Crippen LogP) is 1.10. The summed E-state index contributed by atoms with van der Waals surface area (Å²) in [6, 6.07) is 7.03. The minimum absolute atomic E-state index is 0.0328. The molecule has 0 aliphatic heterocycles. The summed E-state index contributed by atoms with van der Waals surface area (Å²) < 4.78 is 16.7. The lowest BCUT2D eigenvalue weighted by atomic mass is 10.2. The highest BCUT2D eigenvalue weighted by molar-refractivity contribution is 5.81. The van der Waals surface area contributed by atoms with Gasteiger partial charge < -0.3 is 19.1 Å². The number of nitrogens with zero attached hydrogens (tertiary/aromatic N) is 3. The second-order valence-corrected chi connectivity index (χ2v) is 5.25. The summed E-state index contributed by atoms with van der Waals surface area (Å²) in [4.78, 5) is 25.7. The number of carbonyl (C=O) groups excluding carboxylic acids is 2. The van der Waals surface area contributed by atoms with Crippen LogP contribution in [-0.2, 0) is 27.4 Å². The maximum absolute atomic E-state index is 12.6. The third-order valence-corrected chi connectivity index (χ3v) is 3.54. The molecular weight excluding hydrogens is 326 g/mol.